The van der Waals surface area contributed by atoms with Gasteiger partial charge >= 0.3 is 0 Å². The van der Waals surface area contributed by atoms with E-state index in [2.05, 4.69) is 85.0 Å². The van der Waals surface area contributed by atoms with Gasteiger partial charge in [-0.3, -0.25) is 0 Å². The van der Waals surface area contributed by atoms with E-state index in [0.29, 0.717) is 11.0 Å². The van der Waals surface area contributed by atoms with Crippen molar-refractivity contribution in [3.05, 3.63) is 53.6 Å². The minimum atomic E-state index is 0.445. The molecular formula is C26H38N4S. The minimum Gasteiger partial charge on any atom is -0.376 e. The quantitative estimate of drug-likeness (QED) is 0.612. The van der Waals surface area contributed by atoms with Gasteiger partial charge in [0.15, 0.2) is 5.11 Å². The molecule has 1 aliphatic rings. The molecule has 2 aromatic rings. The Labute approximate surface area is 194 Å². The highest BCUT2D eigenvalue weighted by Crippen LogP contribution is 2.29. The molecule has 1 fully saturated rings. The molecule has 0 unspecified atom stereocenters. The van der Waals surface area contributed by atoms with Crippen molar-refractivity contribution >= 4 is 23.0 Å². The fraction of sp³-hybridized carbons (Fsp3) is 0.500. The van der Waals surface area contributed by atoms with Gasteiger partial charge < -0.3 is 20.4 Å². The van der Waals surface area contributed by atoms with E-state index < -0.39 is 0 Å². The highest BCUT2D eigenvalue weighted by Gasteiger charge is 2.15. The number of hydrogen-bond acceptors (Lipinski definition) is 3. The molecule has 1 aliphatic heterocycles. The van der Waals surface area contributed by atoms with Gasteiger partial charge in [0.2, 0.25) is 0 Å². The standard InChI is InChI=1S/C26H38N4S/c1-20(2)11-14-30(26(27)31)25-19-24(8-5-21(25)3)23-9-6-22(7-10-23)12-13-29-17-15-28(4)16-18-29/h5-10,19-20H,11-18H2,1-4H3,(H2,27,31). The summed E-state index contributed by atoms with van der Waals surface area (Å²) in [6.45, 7) is 13.3. The lowest BCUT2D eigenvalue weighted by molar-refractivity contribution is 0.155. The highest BCUT2D eigenvalue weighted by atomic mass is 32.1. The number of piperazine rings is 1. The van der Waals surface area contributed by atoms with Crippen LogP contribution < -0.4 is 10.6 Å². The van der Waals surface area contributed by atoms with Gasteiger partial charge in [0.05, 0.1) is 0 Å². The van der Waals surface area contributed by atoms with Gasteiger partial charge in [-0.25, -0.2) is 0 Å². The summed E-state index contributed by atoms with van der Waals surface area (Å²) in [6, 6.07) is 15.6. The third-order valence-corrected chi connectivity index (χ3v) is 6.52. The van der Waals surface area contributed by atoms with Gasteiger partial charge in [-0.15, -0.1) is 0 Å². The fourth-order valence-electron chi connectivity index (χ4n) is 4.04. The molecule has 0 radical (unpaired) electrons. The first-order chi connectivity index (χ1) is 14.8. The van der Waals surface area contributed by atoms with Crippen LogP contribution in [0.25, 0.3) is 11.1 Å². The van der Waals surface area contributed by atoms with Crippen LogP contribution in [-0.4, -0.2) is 61.2 Å². The molecule has 0 aromatic heterocycles. The Hall–Kier alpha value is -1.95. The predicted molar refractivity (Wildman–Crippen MR) is 138 cm³/mol. The minimum absolute atomic E-state index is 0.445. The van der Waals surface area contributed by atoms with Crippen LogP contribution in [0.1, 0.15) is 31.4 Å². The Morgan fingerprint density at radius 1 is 1.03 bits per heavy atom. The van der Waals surface area contributed by atoms with Crippen molar-refractivity contribution < 1.29 is 0 Å². The summed E-state index contributed by atoms with van der Waals surface area (Å²) >= 11 is 5.37. The Kier molecular flexibility index (Phi) is 8.47. The molecule has 1 heterocycles. The van der Waals surface area contributed by atoms with Crippen LogP contribution in [0.2, 0.25) is 0 Å². The third-order valence-electron chi connectivity index (χ3n) is 6.30. The van der Waals surface area contributed by atoms with Crippen molar-refractivity contribution in [2.75, 3.05) is 51.2 Å². The molecule has 3 rings (SSSR count). The van der Waals surface area contributed by atoms with E-state index in [4.69, 9.17) is 18.0 Å². The molecule has 31 heavy (non-hydrogen) atoms. The molecule has 168 valence electrons. The summed E-state index contributed by atoms with van der Waals surface area (Å²) in [5.41, 5.74) is 12.2. The van der Waals surface area contributed by atoms with E-state index in [-0.39, 0.29) is 0 Å². The molecular weight excluding hydrogens is 400 g/mol. The third kappa shape index (κ3) is 6.76. The predicted octanol–water partition coefficient (Wildman–Crippen LogP) is 4.55. The van der Waals surface area contributed by atoms with Crippen molar-refractivity contribution in [3.63, 3.8) is 0 Å². The smallest absolute Gasteiger partial charge is 0.170 e. The summed E-state index contributed by atoms with van der Waals surface area (Å²) in [7, 11) is 2.21. The lowest BCUT2D eigenvalue weighted by Crippen LogP contribution is -2.45. The van der Waals surface area contributed by atoms with E-state index in [1.165, 1.54) is 48.4 Å². The normalized spacial score (nSPS) is 15.4. The molecule has 2 N–H and O–H groups in total. The zero-order chi connectivity index (χ0) is 22.4. The van der Waals surface area contributed by atoms with Crippen molar-refractivity contribution in [2.45, 2.75) is 33.6 Å². The van der Waals surface area contributed by atoms with E-state index in [9.17, 15) is 0 Å². The maximum absolute atomic E-state index is 6.09. The van der Waals surface area contributed by atoms with E-state index in [1.807, 2.05) is 0 Å². The zero-order valence-electron chi connectivity index (χ0n) is 19.6. The molecule has 5 heteroatoms. The molecule has 0 amide bonds. The molecule has 2 aromatic carbocycles. The molecule has 1 saturated heterocycles. The number of benzene rings is 2. The Morgan fingerprint density at radius 3 is 2.29 bits per heavy atom. The summed E-state index contributed by atoms with van der Waals surface area (Å²) < 4.78 is 0. The van der Waals surface area contributed by atoms with E-state index >= 15 is 0 Å². The first kappa shape index (κ1) is 23.7. The Bertz CT molecular complexity index is 854. The van der Waals surface area contributed by atoms with Gasteiger partial charge in [-0.2, -0.15) is 0 Å². The van der Waals surface area contributed by atoms with Gasteiger partial charge in [-0.1, -0.05) is 50.2 Å². The summed E-state index contributed by atoms with van der Waals surface area (Å²) in [4.78, 5) is 7.06. The molecule has 0 aliphatic carbocycles. The van der Waals surface area contributed by atoms with Crippen LogP contribution in [0.3, 0.4) is 0 Å². The highest BCUT2D eigenvalue weighted by molar-refractivity contribution is 7.80. The molecule has 0 atom stereocenters. The van der Waals surface area contributed by atoms with Crippen LogP contribution in [0, 0.1) is 12.8 Å². The average Bonchev–Trinajstić information content (AvgIpc) is 2.74. The molecule has 0 bridgehead atoms. The van der Waals surface area contributed by atoms with Gasteiger partial charge in [0.25, 0.3) is 0 Å². The second-order valence-corrected chi connectivity index (χ2v) is 9.68. The SMILES string of the molecule is Cc1ccc(-c2ccc(CCN3CCN(C)CC3)cc2)cc1N(CCC(C)C)C(N)=S. The van der Waals surface area contributed by atoms with E-state index in [0.717, 1.165) is 31.6 Å². The van der Waals surface area contributed by atoms with Gasteiger partial charge in [0, 0.05) is 45.0 Å². The Morgan fingerprint density at radius 2 is 1.68 bits per heavy atom. The Balaban J connectivity index is 1.69. The van der Waals surface area contributed by atoms with Crippen molar-refractivity contribution in [2.24, 2.45) is 11.7 Å². The number of thiocarbonyl (C=S) groups is 1. The first-order valence-electron chi connectivity index (χ1n) is 11.5. The lowest BCUT2D eigenvalue weighted by Gasteiger charge is -2.32. The van der Waals surface area contributed by atoms with Crippen molar-refractivity contribution in [1.82, 2.24) is 9.80 Å². The summed E-state index contributed by atoms with van der Waals surface area (Å²) in [5, 5.41) is 0.445. The summed E-state index contributed by atoms with van der Waals surface area (Å²) in [5.74, 6) is 0.610. The lowest BCUT2D eigenvalue weighted by atomic mass is 10.00. The maximum atomic E-state index is 6.09. The zero-order valence-corrected chi connectivity index (χ0v) is 20.4. The molecule has 4 nitrogen and oxygen atoms in total. The van der Waals surface area contributed by atoms with Crippen LogP contribution in [0.15, 0.2) is 42.5 Å². The second kappa shape index (κ2) is 11.1. The van der Waals surface area contributed by atoms with Crippen molar-refractivity contribution in [1.29, 1.82) is 0 Å². The monoisotopic (exact) mass is 438 g/mol. The number of hydrogen-bond donors (Lipinski definition) is 1. The summed E-state index contributed by atoms with van der Waals surface area (Å²) in [6.07, 6.45) is 2.16. The maximum Gasteiger partial charge on any atom is 0.170 e. The number of nitrogens with zero attached hydrogens (tertiary/aromatic N) is 3. The topological polar surface area (TPSA) is 35.7 Å². The van der Waals surface area contributed by atoms with Gasteiger partial charge in [0.1, 0.15) is 0 Å². The van der Waals surface area contributed by atoms with Crippen LogP contribution in [0.4, 0.5) is 5.69 Å². The number of anilines is 1. The number of likely N-dealkylation sites (N-methyl/N-ethyl adjacent to an activating group) is 1. The van der Waals surface area contributed by atoms with E-state index in [1.54, 1.807) is 0 Å². The van der Waals surface area contributed by atoms with Crippen LogP contribution in [-0.2, 0) is 6.42 Å². The van der Waals surface area contributed by atoms with Crippen molar-refractivity contribution in [3.8, 4) is 11.1 Å². The van der Waals surface area contributed by atoms with Gasteiger partial charge in [-0.05, 0) is 73.3 Å². The first-order valence-corrected chi connectivity index (χ1v) is 11.9. The fourth-order valence-corrected chi connectivity index (χ4v) is 4.23. The van der Waals surface area contributed by atoms with Crippen LogP contribution in [0.5, 0.6) is 0 Å². The largest absolute Gasteiger partial charge is 0.376 e. The average molecular weight is 439 g/mol. The van der Waals surface area contributed by atoms with Crippen LogP contribution >= 0.6 is 12.2 Å². The molecule has 0 spiro atoms. The number of rotatable bonds is 8. The second-order valence-electron chi connectivity index (χ2n) is 9.27. The molecule has 0 saturated carbocycles. The number of aryl methyl sites for hydroxylation is 1. The number of nitrogens with two attached hydrogens (primary N) is 1.